The monoisotopic (exact) mass is 280 g/mol. The number of rotatable bonds is 2. The molecule has 0 N–H and O–H groups in total. The van der Waals surface area contributed by atoms with Gasteiger partial charge in [-0.1, -0.05) is 56.3 Å². The van der Waals surface area contributed by atoms with Crippen LogP contribution in [0.15, 0.2) is 42.5 Å². The molecule has 1 heterocycles. The molecule has 0 aliphatic carbocycles. The second-order valence-electron chi connectivity index (χ2n) is 6.01. The lowest BCUT2D eigenvalue weighted by atomic mass is 9.80. The highest BCUT2D eigenvalue weighted by Crippen LogP contribution is 2.44. The number of fused-ring (bicyclic) bond motifs is 1. The third-order valence-electron chi connectivity index (χ3n) is 4.19. The first-order chi connectivity index (χ1) is 10.1. The molecule has 3 rings (SSSR count). The largest absolute Gasteiger partial charge is 0.426 e. The summed E-state index contributed by atoms with van der Waals surface area (Å²) in [7, 11) is 0. The third kappa shape index (κ3) is 2.46. The number of benzene rings is 2. The zero-order valence-corrected chi connectivity index (χ0v) is 12.7. The molecule has 0 saturated carbocycles. The van der Waals surface area contributed by atoms with Gasteiger partial charge < -0.3 is 4.74 Å². The lowest BCUT2D eigenvalue weighted by Crippen LogP contribution is -2.23. The summed E-state index contributed by atoms with van der Waals surface area (Å²) in [6.45, 7) is 6.37. The van der Waals surface area contributed by atoms with Crippen molar-refractivity contribution in [3.63, 3.8) is 0 Å². The van der Waals surface area contributed by atoms with Gasteiger partial charge in [-0.05, 0) is 29.5 Å². The molecular weight excluding hydrogens is 260 g/mol. The van der Waals surface area contributed by atoms with E-state index in [1.807, 2.05) is 25.1 Å². The van der Waals surface area contributed by atoms with Crippen LogP contribution in [0.4, 0.5) is 0 Å². The first-order valence-electron chi connectivity index (χ1n) is 7.47. The second kappa shape index (κ2) is 5.36. The first kappa shape index (κ1) is 13.9. The highest BCUT2D eigenvalue weighted by molar-refractivity contribution is 5.79. The van der Waals surface area contributed by atoms with E-state index in [1.54, 1.807) is 0 Å². The minimum Gasteiger partial charge on any atom is -0.426 e. The van der Waals surface area contributed by atoms with Crippen molar-refractivity contribution in [2.24, 2.45) is 0 Å². The van der Waals surface area contributed by atoms with Crippen LogP contribution in [0.2, 0.25) is 0 Å². The lowest BCUT2D eigenvalue weighted by Gasteiger charge is -2.29. The van der Waals surface area contributed by atoms with Crippen LogP contribution in [0.5, 0.6) is 5.75 Å². The molecule has 1 aliphatic rings. The number of hydrogen-bond donors (Lipinski definition) is 0. The van der Waals surface area contributed by atoms with E-state index < -0.39 is 0 Å². The van der Waals surface area contributed by atoms with Gasteiger partial charge in [0.2, 0.25) is 0 Å². The quantitative estimate of drug-likeness (QED) is 0.595. The highest BCUT2D eigenvalue weighted by Gasteiger charge is 2.32. The highest BCUT2D eigenvalue weighted by atomic mass is 16.5. The van der Waals surface area contributed by atoms with E-state index in [4.69, 9.17) is 4.74 Å². The zero-order valence-electron chi connectivity index (χ0n) is 12.7. The van der Waals surface area contributed by atoms with Crippen molar-refractivity contribution in [1.29, 1.82) is 0 Å². The maximum absolute atomic E-state index is 12.0. The number of hydrogen-bond acceptors (Lipinski definition) is 2. The fraction of sp³-hybridized carbons (Fsp3) is 0.316. The Hall–Kier alpha value is -2.09. The van der Waals surface area contributed by atoms with Gasteiger partial charge in [-0.3, -0.25) is 4.79 Å². The first-order valence-corrected chi connectivity index (χ1v) is 7.47. The Bertz CT molecular complexity index is 671. The van der Waals surface area contributed by atoms with E-state index in [0.717, 1.165) is 11.3 Å². The van der Waals surface area contributed by atoms with Crippen LogP contribution in [-0.4, -0.2) is 5.97 Å². The minimum absolute atomic E-state index is 0.0970. The Balaban J connectivity index is 2.23. The fourth-order valence-corrected chi connectivity index (χ4v) is 3.12. The summed E-state index contributed by atoms with van der Waals surface area (Å²) < 4.78 is 5.57. The maximum atomic E-state index is 12.0. The SMILES string of the molecule is Cc1ccc(C(C)C)c2c1OC(=O)C[C@@H]2c1ccccc1. The molecule has 21 heavy (non-hydrogen) atoms. The van der Waals surface area contributed by atoms with Gasteiger partial charge in [0.25, 0.3) is 0 Å². The number of carbonyl (C=O) groups excluding carboxylic acids is 1. The molecule has 2 aromatic carbocycles. The van der Waals surface area contributed by atoms with E-state index in [9.17, 15) is 4.79 Å². The van der Waals surface area contributed by atoms with Crippen molar-refractivity contribution in [2.75, 3.05) is 0 Å². The van der Waals surface area contributed by atoms with Crippen LogP contribution in [0.25, 0.3) is 0 Å². The maximum Gasteiger partial charge on any atom is 0.312 e. The van der Waals surface area contributed by atoms with Gasteiger partial charge in [-0.25, -0.2) is 0 Å². The van der Waals surface area contributed by atoms with Crippen molar-refractivity contribution in [1.82, 2.24) is 0 Å². The predicted molar refractivity (Wildman–Crippen MR) is 83.8 cm³/mol. The molecule has 2 aromatic rings. The molecule has 1 aliphatic heterocycles. The molecule has 0 spiro atoms. The third-order valence-corrected chi connectivity index (χ3v) is 4.19. The smallest absolute Gasteiger partial charge is 0.312 e. The van der Waals surface area contributed by atoms with Crippen molar-refractivity contribution in [2.45, 2.75) is 39.0 Å². The molecule has 0 aromatic heterocycles. The van der Waals surface area contributed by atoms with Crippen LogP contribution in [0.3, 0.4) is 0 Å². The summed E-state index contributed by atoms with van der Waals surface area (Å²) in [5.74, 6) is 1.13. The summed E-state index contributed by atoms with van der Waals surface area (Å²) in [6, 6.07) is 14.5. The van der Waals surface area contributed by atoms with Gasteiger partial charge in [0, 0.05) is 11.5 Å². The lowest BCUT2D eigenvalue weighted by molar-refractivity contribution is -0.135. The van der Waals surface area contributed by atoms with Gasteiger partial charge in [-0.15, -0.1) is 0 Å². The number of esters is 1. The standard InChI is InChI=1S/C19H20O2/c1-12(2)15-10-9-13(3)19-18(15)16(11-17(20)21-19)14-7-5-4-6-8-14/h4-10,12,16H,11H2,1-3H3/t16-/m1/s1. The molecule has 0 amide bonds. The van der Waals surface area contributed by atoms with E-state index in [2.05, 4.69) is 38.1 Å². The van der Waals surface area contributed by atoms with Crippen molar-refractivity contribution in [3.05, 3.63) is 64.7 Å². The zero-order chi connectivity index (χ0) is 15.0. The molecule has 2 nitrogen and oxygen atoms in total. The Morgan fingerprint density at radius 1 is 1.10 bits per heavy atom. The Morgan fingerprint density at radius 3 is 2.48 bits per heavy atom. The molecule has 1 atom stereocenters. The van der Waals surface area contributed by atoms with E-state index in [1.165, 1.54) is 16.7 Å². The molecular formula is C19H20O2. The van der Waals surface area contributed by atoms with E-state index in [0.29, 0.717) is 12.3 Å². The summed E-state index contributed by atoms with van der Waals surface area (Å²) in [5, 5.41) is 0. The second-order valence-corrected chi connectivity index (χ2v) is 6.01. The molecule has 2 heteroatoms. The summed E-state index contributed by atoms with van der Waals surface area (Å²) in [4.78, 5) is 12.0. The number of aryl methyl sites for hydroxylation is 1. The number of ether oxygens (including phenoxy) is 1. The van der Waals surface area contributed by atoms with Gasteiger partial charge in [0.15, 0.2) is 0 Å². The molecule has 0 unspecified atom stereocenters. The van der Waals surface area contributed by atoms with Crippen LogP contribution in [-0.2, 0) is 4.79 Å². The van der Waals surface area contributed by atoms with Crippen LogP contribution in [0, 0.1) is 6.92 Å². The average Bonchev–Trinajstić information content (AvgIpc) is 2.48. The minimum atomic E-state index is -0.139. The van der Waals surface area contributed by atoms with Crippen LogP contribution in [0.1, 0.15) is 54.4 Å². The summed E-state index contributed by atoms with van der Waals surface area (Å²) in [6.07, 6.45) is 0.417. The van der Waals surface area contributed by atoms with Gasteiger partial charge in [0.1, 0.15) is 5.75 Å². The van der Waals surface area contributed by atoms with E-state index >= 15 is 0 Å². The fourth-order valence-electron chi connectivity index (χ4n) is 3.12. The molecule has 0 saturated heterocycles. The van der Waals surface area contributed by atoms with Crippen LogP contribution < -0.4 is 4.74 Å². The average molecular weight is 280 g/mol. The van der Waals surface area contributed by atoms with E-state index in [-0.39, 0.29) is 11.9 Å². The summed E-state index contributed by atoms with van der Waals surface area (Å²) >= 11 is 0. The predicted octanol–water partition coefficient (Wildman–Crippen LogP) is 4.56. The van der Waals surface area contributed by atoms with Gasteiger partial charge >= 0.3 is 5.97 Å². The topological polar surface area (TPSA) is 26.3 Å². The van der Waals surface area contributed by atoms with Gasteiger partial charge in [-0.2, -0.15) is 0 Å². The molecule has 108 valence electrons. The Labute approximate surface area is 125 Å². The van der Waals surface area contributed by atoms with Crippen LogP contribution >= 0.6 is 0 Å². The molecule has 0 bridgehead atoms. The normalized spacial score (nSPS) is 17.5. The number of carbonyl (C=O) groups is 1. The Morgan fingerprint density at radius 2 is 1.81 bits per heavy atom. The van der Waals surface area contributed by atoms with Gasteiger partial charge in [0.05, 0.1) is 6.42 Å². The Kier molecular flexibility index (Phi) is 3.54. The molecule has 0 radical (unpaired) electrons. The van der Waals surface area contributed by atoms with Crippen molar-refractivity contribution < 1.29 is 9.53 Å². The van der Waals surface area contributed by atoms with Crippen molar-refractivity contribution >= 4 is 5.97 Å². The molecule has 0 fully saturated rings. The van der Waals surface area contributed by atoms with Crippen molar-refractivity contribution in [3.8, 4) is 5.75 Å². The summed E-state index contributed by atoms with van der Waals surface area (Å²) in [5.41, 5.74) is 4.68.